The zero-order chi connectivity index (χ0) is 10.1. The molecular weight excluding hydrogens is 160 g/mol. The van der Waals surface area contributed by atoms with Crippen molar-refractivity contribution in [1.82, 2.24) is 9.80 Å². The Balaban J connectivity index is 3.34. The zero-order valence-corrected chi connectivity index (χ0v) is 9.58. The Morgan fingerprint density at radius 3 is 2.15 bits per heavy atom. The second-order valence-electron chi connectivity index (χ2n) is 3.80. The fraction of sp³-hybridized carbons (Fsp3) is 0.818. The highest BCUT2D eigenvalue weighted by Crippen LogP contribution is 2.00. The minimum absolute atomic E-state index is 1.17. The van der Waals surface area contributed by atoms with Gasteiger partial charge in [0, 0.05) is 40.1 Å². The lowest BCUT2D eigenvalue weighted by Crippen LogP contribution is -2.14. The minimum Gasteiger partial charge on any atom is -0.382 e. The molecule has 0 bridgehead atoms. The van der Waals surface area contributed by atoms with Gasteiger partial charge in [-0.15, -0.1) is 0 Å². The molecule has 0 unspecified atom stereocenters. The first kappa shape index (κ1) is 12.3. The van der Waals surface area contributed by atoms with Crippen LogP contribution in [0.2, 0.25) is 0 Å². The van der Waals surface area contributed by atoms with Crippen molar-refractivity contribution in [3.05, 3.63) is 12.4 Å². The summed E-state index contributed by atoms with van der Waals surface area (Å²) in [6.07, 6.45) is 9.56. The maximum Gasteiger partial charge on any atom is 0.0169 e. The van der Waals surface area contributed by atoms with Crippen LogP contribution in [0, 0.1) is 0 Å². The fourth-order valence-corrected chi connectivity index (χ4v) is 1.11. The van der Waals surface area contributed by atoms with Crippen molar-refractivity contribution in [3.8, 4) is 0 Å². The third kappa shape index (κ3) is 9.25. The second-order valence-corrected chi connectivity index (χ2v) is 3.80. The molecule has 0 aromatic rings. The molecule has 2 heteroatoms. The molecule has 0 N–H and O–H groups in total. The summed E-state index contributed by atoms with van der Waals surface area (Å²) in [6.45, 7) is 3.42. The number of hydrogen-bond acceptors (Lipinski definition) is 2. The topological polar surface area (TPSA) is 6.48 Å². The molecule has 0 aliphatic carbocycles. The third-order valence-electron chi connectivity index (χ3n) is 1.98. The van der Waals surface area contributed by atoms with E-state index in [9.17, 15) is 0 Å². The van der Waals surface area contributed by atoms with Crippen molar-refractivity contribution in [3.63, 3.8) is 0 Å². The molecular formula is C11H24N2. The van der Waals surface area contributed by atoms with Crippen molar-refractivity contribution in [2.45, 2.75) is 32.6 Å². The van der Waals surface area contributed by atoms with Gasteiger partial charge in [-0.25, -0.2) is 0 Å². The van der Waals surface area contributed by atoms with E-state index in [1.54, 1.807) is 0 Å². The van der Waals surface area contributed by atoms with Crippen LogP contribution in [0.3, 0.4) is 0 Å². The van der Waals surface area contributed by atoms with Crippen molar-refractivity contribution < 1.29 is 0 Å². The van der Waals surface area contributed by atoms with Crippen molar-refractivity contribution >= 4 is 0 Å². The van der Waals surface area contributed by atoms with Crippen molar-refractivity contribution in [2.75, 3.05) is 27.7 Å². The van der Waals surface area contributed by atoms with Gasteiger partial charge in [0.15, 0.2) is 0 Å². The van der Waals surface area contributed by atoms with Crippen LogP contribution in [0.4, 0.5) is 0 Å². The van der Waals surface area contributed by atoms with E-state index < -0.39 is 0 Å². The fourth-order valence-electron chi connectivity index (χ4n) is 1.11. The van der Waals surface area contributed by atoms with E-state index in [0.717, 1.165) is 0 Å². The van der Waals surface area contributed by atoms with Gasteiger partial charge in [-0.2, -0.15) is 0 Å². The first-order valence-corrected chi connectivity index (χ1v) is 5.21. The molecule has 13 heavy (non-hydrogen) atoms. The summed E-state index contributed by atoms with van der Waals surface area (Å²) in [7, 11) is 6.22. The maximum atomic E-state index is 2.25. The zero-order valence-electron chi connectivity index (χ0n) is 9.58. The monoisotopic (exact) mass is 184 g/mol. The Morgan fingerprint density at radius 2 is 1.62 bits per heavy atom. The Bertz CT molecular complexity index is 130. The standard InChI is InChI=1S/C11H24N2/c1-5-6-7-8-9-13(4)11-10-12(2)3/h10-11H,5-9H2,1-4H3/b11-10-. The van der Waals surface area contributed by atoms with E-state index in [0.29, 0.717) is 0 Å². The average molecular weight is 184 g/mol. The normalized spacial score (nSPS) is 10.8. The van der Waals surface area contributed by atoms with Gasteiger partial charge in [0.1, 0.15) is 0 Å². The summed E-state index contributed by atoms with van der Waals surface area (Å²) in [5.41, 5.74) is 0. The van der Waals surface area contributed by atoms with Gasteiger partial charge in [0.25, 0.3) is 0 Å². The Kier molecular flexibility index (Phi) is 7.56. The molecule has 0 fully saturated rings. The highest BCUT2D eigenvalue weighted by Gasteiger charge is 1.91. The SMILES string of the molecule is CCCCCCN(C)/C=C\N(C)C. The number of rotatable bonds is 7. The summed E-state index contributed by atoms with van der Waals surface area (Å²) >= 11 is 0. The molecule has 0 aromatic heterocycles. The molecule has 0 spiro atoms. The van der Waals surface area contributed by atoms with E-state index >= 15 is 0 Å². The molecule has 0 aliphatic rings. The maximum absolute atomic E-state index is 2.25. The van der Waals surface area contributed by atoms with Crippen LogP contribution in [0.25, 0.3) is 0 Å². The predicted molar refractivity (Wildman–Crippen MR) is 59.6 cm³/mol. The molecule has 0 rings (SSSR count). The van der Waals surface area contributed by atoms with Crippen LogP contribution in [0.1, 0.15) is 32.6 Å². The molecule has 0 heterocycles. The van der Waals surface area contributed by atoms with E-state index in [2.05, 4.69) is 36.2 Å². The van der Waals surface area contributed by atoms with Gasteiger partial charge in [-0.3, -0.25) is 0 Å². The molecule has 2 nitrogen and oxygen atoms in total. The summed E-state index contributed by atoms with van der Waals surface area (Å²) < 4.78 is 0. The number of nitrogens with zero attached hydrogens (tertiary/aromatic N) is 2. The Hall–Kier alpha value is -0.660. The van der Waals surface area contributed by atoms with Crippen LogP contribution in [-0.2, 0) is 0 Å². The molecule has 0 atom stereocenters. The third-order valence-corrected chi connectivity index (χ3v) is 1.98. The molecule has 0 radical (unpaired) electrons. The molecule has 0 saturated carbocycles. The summed E-state index contributed by atoms with van der Waals surface area (Å²) in [5.74, 6) is 0. The largest absolute Gasteiger partial charge is 0.382 e. The highest BCUT2D eigenvalue weighted by atomic mass is 15.1. The first-order valence-electron chi connectivity index (χ1n) is 5.21. The second kappa shape index (κ2) is 7.96. The molecule has 78 valence electrons. The highest BCUT2D eigenvalue weighted by molar-refractivity contribution is 4.77. The predicted octanol–water partition coefficient (Wildman–Crippen LogP) is 2.53. The van der Waals surface area contributed by atoms with Crippen LogP contribution in [0.15, 0.2) is 12.4 Å². The number of unbranched alkanes of at least 4 members (excludes halogenated alkanes) is 3. The van der Waals surface area contributed by atoms with E-state index in [1.807, 2.05) is 14.1 Å². The van der Waals surface area contributed by atoms with Gasteiger partial charge in [0.05, 0.1) is 0 Å². The summed E-state index contributed by atoms with van der Waals surface area (Å²) in [6, 6.07) is 0. The molecule has 0 amide bonds. The minimum atomic E-state index is 1.17. The van der Waals surface area contributed by atoms with E-state index in [1.165, 1.54) is 32.2 Å². The summed E-state index contributed by atoms with van der Waals surface area (Å²) in [5, 5.41) is 0. The van der Waals surface area contributed by atoms with Crippen LogP contribution >= 0.6 is 0 Å². The van der Waals surface area contributed by atoms with Crippen molar-refractivity contribution in [1.29, 1.82) is 0 Å². The van der Waals surface area contributed by atoms with Crippen molar-refractivity contribution in [2.24, 2.45) is 0 Å². The van der Waals surface area contributed by atoms with Gasteiger partial charge in [0.2, 0.25) is 0 Å². The Labute approximate surface area is 83.2 Å². The average Bonchev–Trinajstić information content (AvgIpc) is 2.09. The number of hydrogen-bond donors (Lipinski definition) is 0. The summed E-state index contributed by atoms with van der Waals surface area (Å²) in [4.78, 5) is 4.30. The molecule has 0 aliphatic heterocycles. The molecule has 0 saturated heterocycles. The van der Waals surface area contributed by atoms with Gasteiger partial charge in [-0.1, -0.05) is 26.2 Å². The van der Waals surface area contributed by atoms with Gasteiger partial charge >= 0.3 is 0 Å². The quantitative estimate of drug-likeness (QED) is 0.561. The van der Waals surface area contributed by atoms with Crippen LogP contribution < -0.4 is 0 Å². The Morgan fingerprint density at radius 1 is 0.923 bits per heavy atom. The molecule has 0 aromatic carbocycles. The van der Waals surface area contributed by atoms with Gasteiger partial charge in [-0.05, 0) is 6.42 Å². The van der Waals surface area contributed by atoms with Gasteiger partial charge < -0.3 is 9.80 Å². The smallest absolute Gasteiger partial charge is 0.0169 e. The van der Waals surface area contributed by atoms with E-state index in [4.69, 9.17) is 0 Å². The lowest BCUT2D eigenvalue weighted by molar-refractivity contribution is 0.420. The van der Waals surface area contributed by atoms with E-state index in [-0.39, 0.29) is 0 Å². The van der Waals surface area contributed by atoms with Crippen LogP contribution in [-0.4, -0.2) is 37.5 Å². The lowest BCUT2D eigenvalue weighted by Gasteiger charge is -2.14. The first-order chi connectivity index (χ1) is 6.16. The van der Waals surface area contributed by atoms with Crippen LogP contribution in [0.5, 0.6) is 0 Å². The lowest BCUT2D eigenvalue weighted by atomic mass is 10.2.